The van der Waals surface area contributed by atoms with Crippen LogP contribution < -0.4 is 0 Å². The first-order valence-electron chi connectivity index (χ1n) is 4.16. The average Bonchev–Trinajstić information content (AvgIpc) is 1.75. The summed E-state index contributed by atoms with van der Waals surface area (Å²) >= 11 is 0. The maximum atomic E-state index is 11.2. The van der Waals surface area contributed by atoms with Crippen molar-refractivity contribution in [3.8, 4) is 0 Å². The zero-order chi connectivity index (χ0) is 12.5. The van der Waals surface area contributed by atoms with Gasteiger partial charge in [0.1, 0.15) is 0 Å². The third-order valence-electron chi connectivity index (χ3n) is 1.95. The van der Waals surface area contributed by atoms with Crippen LogP contribution in [0.15, 0.2) is 0 Å². The third-order valence-corrected chi connectivity index (χ3v) is 4.33. The van der Waals surface area contributed by atoms with Crippen molar-refractivity contribution < 1.29 is 32.6 Å². The van der Waals surface area contributed by atoms with Crippen LogP contribution in [0.5, 0.6) is 0 Å². The molecule has 0 amide bonds. The molecule has 1 unspecified atom stereocenters. The van der Waals surface area contributed by atoms with E-state index in [1.807, 2.05) is 0 Å². The second-order valence-corrected chi connectivity index (χ2v) is 6.64. The van der Waals surface area contributed by atoms with E-state index in [9.17, 15) is 9.13 Å². The van der Waals surface area contributed by atoms with Gasteiger partial charge in [-0.3, -0.25) is 4.52 Å². The Balaban J connectivity index is 4.66. The lowest BCUT2D eigenvalue weighted by Gasteiger charge is -2.30. The predicted molar refractivity (Wildman–Crippen MR) is 53.0 cm³/mol. The molecule has 0 rings (SSSR count). The van der Waals surface area contributed by atoms with Crippen molar-refractivity contribution in [2.75, 3.05) is 0 Å². The summed E-state index contributed by atoms with van der Waals surface area (Å²) in [6.45, 7) is 6.50. The molecule has 0 bridgehead atoms. The smallest absolute Gasteiger partial charge is 0.302 e. The first kappa shape index (κ1) is 15.3. The van der Waals surface area contributed by atoms with E-state index < -0.39 is 21.2 Å². The summed E-state index contributed by atoms with van der Waals surface area (Å²) in [7, 11) is -9.79. The average molecular weight is 262 g/mol. The lowest BCUT2D eigenvalue weighted by molar-refractivity contribution is 0.0267. The largest absolute Gasteiger partial charge is 0.481 e. The van der Waals surface area contributed by atoms with Gasteiger partial charge in [0.15, 0.2) is 0 Å². The van der Waals surface area contributed by atoms with Crippen molar-refractivity contribution in [3.05, 3.63) is 0 Å². The van der Waals surface area contributed by atoms with Gasteiger partial charge in [-0.05, 0) is 19.8 Å². The molecule has 15 heavy (non-hydrogen) atoms. The quantitative estimate of drug-likeness (QED) is 0.645. The van der Waals surface area contributed by atoms with Crippen molar-refractivity contribution in [2.45, 2.75) is 33.3 Å². The van der Waals surface area contributed by atoms with Crippen molar-refractivity contribution in [1.82, 2.24) is 0 Å². The van der Waals surface area contributed by atoms with E-state index >= 15 is 0 Å². The van der Waals surface area contributed by atoms with Crippen LogP contribution in [0.4, 0.5) is 0 Å². The Labute approximate surface area is 88.3 Å². The molecule has 0 saturated heterocycles. The fraction of sp³-hybridized carbons (Fsp3) is 1.00. The minimum Gasteiger partial charge on any atom is -0.302 e. The summed E-state index contributed by atoms with van der Waals surface area (Å²) in [6, 6.07) is 0. The van der Waals surface area contributed by atoms with Gasteiger partial charge >= 0.3 is 15.6 Å². The van der Waals surface area contributed by atoms with Crippen LogP contribution >= 0.6 is 15.6 Å². The molecule has 0 saturated carbocycles. The molecule has 0 heterocycles. The van der Waals surface area contributed by atoms with Gasteiger partial charge in [0.2, 0.25) is 0 Å². The van der Waals surface area contributed by atoms with Crippen molar-refractivity contribution in [1.29, 1.82) is 0 Å². The maximum absolute atomic E-state index is 11.2. The van der Waals surface area contributed by atoms with Crippen LogP contribution in [0.1, 0.15) is 27.7 Å². The fourth-order valence-corrected chi connectivity index (χ4v) is 2.57. The van der Waals surface area contributed by atoms with Crippen LogP contribution in [0.25, 0.3) is 0 Å². The SMILES string of the molecule is CC(C)C(C)(C)OP(=O)(O)OP(=O)(O)O. The first-order valence-corrected chi connectivity index (χ1v) is 7.19. The number of hydrogen-bond acceptors (Lipinski definition) is 4. The Hall–Kier alpha value is 0.260. The Morgan fingerprint density at radius 2 is 1.53 bits per heavy atom. The van der Waals surface area contributed by atoms with Gasteiger partial charge in [-0.1, -0.05) is 13.8 Å². The van der Waals surface area contributed by atoms with Crippen LogP contribution in [-0.2, 0) is 18.0 Å². The fourth-order valence-electron chi connectivity index (χ4n) is 0.554. The number of hydrogen-bond donors (Lipinski definition) is 3. The molecular formula is C6H16O7P2. The summed E-state index contributed by atoms with van der Waals surface area (Å²) in [5, 5.41) is 0. The van der Waals surface area contributed by atoms with Crippen molar-refractivity contribution >= 4 is 15.6 Å². The van der Waals surface area contributed by atoms with Gasteiger partial charge in [-0.15, -0.1) is 0 Å². The van der Waals surface area contributed by atoms with Crippen molar-refractivity contribution in [2.24, 2.45) is 5.92 Å². The van der Waals surface area contributed by atoms with Crippen LogP contribution in [0.2, 0.25) is 0 Å². The molecule has 0 spiro atoms. The van der Waals surface area contributed by atoms with Crippen LogP contribution in [0, 0.1) is 5.92 Å². The molecule has 9 heteroatoms. The number of phosphoric acid groups is 2. The highest BCUT2D eigenvalue weighted by Crippen LogP contribution is 2.59. The summed E-state index contributed by atoms with van der Waals surface area (Å²) in [5.41, 5.74) is -1.03. The molecule has 7 nitrogen and oxygen atoms in total. The molecule has 0 radical (unpaired) electrons. The molecule has 0 aromatic rings. The Bertz CT molecular complexity index is 305. The Morgan fingerprint density at radius 1 is 1.13 bits per heavy atom. The molecule has 92 valence electrons. The summed E-state index contributed by atoms with van der Waals surface area (Å²) in [6.07, 6.45) is 0. The van der Waals surface area contributed by atoms with E-state index in [0.717, 1.165) is 0 Å². The molecule has 0 fully saturated rings. The molecule has 1 atom stereocenters. The van der Waals surface area contributed by atoms with Gasteiger partial charge in [0, 0.05) is 0 Å². The highest BCUT2D eigenvalue weighted by Gasteiger charge is 2.39. The van der Waals surface area contributed by atoms with Crippen LogP contribution in [0.3, 0.4) is 0 Å². The van der Waals surface area contributed by atoms with E-state index in [1.165, 1.54) is 13.8 Å². The Kier molecular flexibility index (Phi) is 4.71. The lowest BCUT2D eigenvalue weighted by Crippen LogP contribution is -2.29. The summed E-state index contributed by atoms with van der Waals surface area (Å²) in [5.74, 6) is -0.127. The molecule has 0 aliphatic carbocycles. The maximum Gasteiger partial charge on any atom is 0.481 e. The molecule has 3 N–H and O–H groups in total. The predicted octanol–water partition coefficient (Wildman–Crippen LogP) is 1.65. The van der Waals surface area contributed by atoms with Gasteiger partial charge < -0.3 is 14.7 Å². The molecular weight excluding hydrogens is 246 g/mol. The monoisotopic (exact) mass is 262 g/mol. The number of rotatable bonds is 5. The zero-order valence-corrected chi connectivity index (χ0v) is 10.7. The van der Waals surface area contributed by atoms with E-state index in [1.54, 1.807) is 13.8 Å². The third kappa shape index (κ3) is 6.43. The highest BCUT2D eigenvalue weighted by atomic mass is 31.3. The van der Waals surface area contributed by atoms with Crippen molar-refractivity contribution in [3.63, 3.8) is 0 Å². The molecule has 0 aliphatic heterocycles. The second-order valence-electron chi connectivity index (χ2n) is 3.89. The topological polar surface area (TPSA) is 113 Å². The van der Waals surface area contributed by atoms with Crippen LogP contribution in [-0.4, -0.2) is 20.3 Å². The minimum atomic E-state index is -5.04. The minimum absolute atomic E-state index is 0.127. The van der Waals surface area contributed by atoms with E-state index in [0.29, 0.717) is 0 Å². The van der Waals surface area contributed by atoms with E-state index in [-0.39, 0.29) is 5.92 Å². The first-order chi connectivity index (χ1) is 6.36. The standard InChI is InChI=1S/C6H16O7P2/c1-5(2)6(3,4)12-15(10,11)13-14(7,8)9/h5H,1-4H3,(H,10,11)(H2,7,8,9). The second kappa shape index (κ2) is 4.63. The van der Waals surface area contributed by atoms with E-state index in [2.05, 4.69) is 8.83 Å². The lowest BCUT2D eigenvalue weighted by atomic mass is 9.95. The van der Waals surface area contributed by atoms with E-state index in [4.69, 9.17) is 14.7 Å². The normalized spacial score (nSPS) is 17.9. The number of phosphoric ester groups is 1. The van der Waals surface area contributed by atoms with Gasteiger partial charge in [-0.2, -0.15) is 4.31 Å². The summed E-state index contributed by atoms with van der Waals surface area (Å²) < 4.78 is 29.9. The zero-order valence-electron chi connectivity index (χ0n) is 8.95. The molecule has 0 aromatic carbocycles. The van der Waals surface area contributed by atoms with Gasteiger partial charge in [0.05, 0.1) is 5.60 Å². The summed E-state index contributed by atoms with van der Waals surface area (Å²) in [4.78, 5) is 25.8. The molecule has 0 aliphatic rings. The Morgan fingerprint density at radius 3 is 1.80 bits per heavy atom. The molecule has 0 aromatic heterocycles. The van der Waals surface area contributed by atoms with Gasteiger partial charge in [-0.25, -0.2) is 9.13 Å². The highest BCUT2D eigenvalue weighted by molar-refractivity contribution is 7.60. The van der Waals surface area contributed by atoms with Gasteiger partial charge in [0.25, 0.3) is 0 Å².